The summed E-state index contributed by atoms with van der Waals surface area (Å²) in [6, 6.07) is 8.47. The van der Waals surface area contributed by atoms with Crippen LogP contribution < -0.4 is 9.64 Å². The summed E-state index contributed by atoms with van der Waals surface area (Å²) in [6.07, 6.45) is 4.02. The third kappa shape index (κ3) is 4.03. The van der Waals surface area contributed by atoms with E-state index < -0.39 is 0 Å². The Bertz CT molecular complexity index is 1030. The van der Waals surface area contributed by atoms with E-state index in [0.29, 0.717) is 11.7 Å². The van der Waals surface area contributed by atoms with E-state index >= 15 is 0 Å². The highest BCUT2D eigenvalue weighted by Gasteiger charge is 2.31. The number of rotatable bonds is 6. The average Bonchev–Trinajstić information content (AvgIpc) is 3.36. The molecular weight excluding hydrogens is 378 g/mol. The standard InChI is InChI=1S/C23H29N5O2/c1-15-8-9-20(29-5)17(11-15)14-28-10-6-7-19(28)22-18(21-12-16(2)26-30-21)13-24-23(25-22)27(3)4/h8-9,11-13,19H,6-7,10,14H2,1-5H3/t19-/m1/s1. The van der Waals surface area contributed by atoms with Crippen LogP contribution in [0.3, 0.4) is 0 Å². The minimum Gasteiger partial charge on any atom is -0.496 e. The smallest absolute Gasteiger partial charge is 0.225 e. The first-order valence-corrected chi connectivity index (χ1v) is 10.3. The van der Waals surface area contributed by atoms with Crippen molar-refractivity contribution in [3.8, 4) is 17.1 Å². The van der Waals surface area contributed by atoms with E-state index in [0.717, 1.165) is 48.6 Å². The fourth-order valence-corrected chi connectivity index (χ4v) is 4.11. The van der Waals surface area contributed by atoms with E-state index in [1.54, 1.807) is 7.11 Å². The molecule has 3 aromatic rings. The van der Waals surface area contributed by atoms with Gasteiger partial charge in [0.05, 0.1) is 30.1 Å². The Morgan fingerprint density at radius 1 is 1.23 bits per heavy atom. The molecular formula is C23H29N5O2. The summed E-state index contributed by atoms with van der Waals surface area (Å²) in [4.78, 5) is 13.9. The van der Waals surface area contributed by atoms with Gasteiger partial charge in [0.2, 0.25) is 5.95 Å². The lowest BCUT2D eigenvalue weighted by Crippen LogP contribution is -2.25. The fourth-order valence-electron chi connectivity index (χ4n) is 4.11. The van der Waals surface area contributed by atoms with Crippen molar-refractivity contribution in [2.45, 2.75) is 39.3 Å². The Kier molecular flexibility index (Phi) is 5.72. The molecule has 1 aliphatic rings. The number of benzene rings is 1. The van der Waals surface area contributed by atoms with Crippen molar-refractivity contribution < 1.29 is 9.26 Å². The van der Waals surface area contributed by atoms with Crippen molar-refractivity contribution >= 4 is 5.95 Å². The molecule has 3 heterocycles. The fraction of sp³-hybridized carbons (Fsp3) is 0.435. The van der Waals surface area contributed by atoms with Crippen LogP contribution in [0, 0.1) is 13.8 Å². The van der Waals surface area contributed by atoms with Crippen molar-refractivity contribution in [1.82, 2.24) is 20.0 Å². The molecule has 7 nitrogen and oxygen atoms in total. The van der Waals surface area contributed by atoms with Gasteiger partial charge in [0, 0.05) is 38.5 Å². The van der Waals surface area contributed by atoms with Crippen molar-refractivity contribution in [1.29, 1.82) is 0 Å². The van der Waals surface area contributed by atoms with Gasteiger partial charge in [-0.25, -0.2) is 9.97 Å². The van der Waals surface area contributed by atoms with Crippen LogP contribution in [0.15, 0.2) is 35.0 Å². The van der Waals surface area contributed by atoms with Gasteiger partial charge in [-0.05, 0) is 39.3 Å². The second kappa shape index (κ2) is 8.44. The summed E-state index contributed by atoms with van der Waals surface area (Å²) < 4.78 is 11.2. The van der Waals surface area contributed by atoms with Crippen LogP contribution in [0.5, 0.6) is 5.75 Å². The quantitative estimate of drug-likeness (QED) is 0.608. The zero-order valence-electron chi connectivity index (χ0n) is 18.3. The first-order valence-electron chi connectivity index (χ1n) is 10.3. The van der Waals surface area contributed by atoms with Gasteiger partial charge in [-0.2, -0.15) is 0 Å². The first kappa shape index (κ1) is 20.3. The maximum absolute atomic E-state index is 5.62. The molecule has 1 fully saturated rings. The van der Waals surface area contributed by atoms with Gasteiger partial charge >= 0.3 is 0 Å². The molecule has 158 valence electrons. The minimum absolute atomic E-state index is 0.178. The average molecular weight is 408 g/mol. The van der Waals surface area contributed by atoms with Crippen LogP contribution in [0.25, 0.3) is 11.3 Å². The number of hydrogen-bond acceptors (Lipinski definition) is 7. The number of nitrogens with zero attached hydrogens (tertiary/aromatic N) is 5. The SMILES string of the molecule is COc1ccc(C)cc1CN1CCC[C@@H]1c1nc(N(C)C)ncc1-c1cc(C)no1. The highest BCUT2D eigenvalue weighted by Crippen LogP contribution is 2.39. The largest absolute Gasteiger partial charge is 0.496 e. The van der Waals surface area contributed by atoms with Crippen LogP contribution in [-0.2, 0) is 6.54 Å². The van der Waals surface area contributed by atoms with E-state index in [9.17, 15) is 0 Å². The normalized spacial score (nSPS) is 16.8. The molecule has 1 atom stereocenters. The topological polar surface area (TPSA) is 67.5 Å². The molecule has 0 bridgehead atoms. The van der Waals surface area contributed by atoms with Crippen LogP contribution in [0.4, 0.5) is 5.95 Å². The lowest BCUT2D eigenvalue weighted by Gasteiger charge is -2.27. The van der Waals surface area contributed by atoms with Gasteiger partial charge in [0.25, 0.3) is 0 Å². The minimum atomic E-state index is 0.178. The van der Waals surface area contributed by atoms with Gasteiger partial charge < -0.3 is 14.2 Å². The molecule has 4 rings (SSSR count). The molecule has 30 heavy (non-hydrogen) atoms. The number of likely N-dealkylation sites (tertiary alicyclic amines) is 1. The maximum atomic E-state index is 5.62. The van der Waals surface area contributed by atoms with E-state index in [1.807, 2.05) is 44.2 Å². The Morgan fingerprint density at radius 3 is 2.77 bits per heavy atom. The summed E-state index contributed by atoms with van der Waals surface area (Å²) in [5.41, 5.74) is 5.18. The van der Waals surface area contributed by atoms with Gasteiger partial charge in [-0.15, -0.1) is 0 Å². The van der Waals surface area contributed by atoms with Crippen LogP contribution in [0.1, 0.15) is 41.4 Å². The molecule has 1 aromatic carbocycles. The zero-order chi connectivity index (χ0) is 21.3. The molecule has 1 saturated heterocycles. The molecule has 0 saturated carbocycles. The summed E-state index contributed by atoms with van der Waals surface area (Å²) in [6.45, 7) is 5.86. The number of methoxy groups -OCH3 is 1. The summed E-state index contributed by atoms with van der Waals surface area (Å²) >= 11 is 0. The third-order valence-electron chi connectivity index (χ3n) is 5.59. The van der Waals surface area contributed by atoms with Gasteiger partial charge in [0.1, 0.15) is 5.75 Å². The van der Waals surface area contributed by atoms with Crippen LogP contribution in [0.2, 0.25) is 0 Å². The molecule has 0 spiro atoms. The van der Waals surface area contributed by atoms with Gasteiger partial charge in [0.15, 0.2) is 5.76 Å². The Hall–Kier alpha value is -2.93. The molecule has 0 unspecified atom stereocenters. The Labute approximate surface area is 177 Å². The van der Waals surface area contributed by atoms with Crippen molar-refractivity contribution in [2.75, 3.05) is 32.6 Å². The summed E-state index contributed by atoms with van der Waals surface area (Å²) in [5.74, 6) is 2.34. The molecule has 0 radical (unpaired) electrons. The third-order valence-corrected chi connectivity index (χ3v) is 5.59. The predicted octanol–water partition coefficient (Wildman–Crippen LogP) is 4.16. The summed E-state index contributed by atoms with van der Waals surface area (Å²) in [5, 5.41) is 4.07. The van der Waals surface area contributed by atoms with E-state index in [-0.39, 0.29) is 6.04 Å². The van der Waals surface area contributed by atoms with E-state index in [1.165, 1.54) is 11.1 Å². The molecule has 1 aliphatic heterocycles. The number of anilines is 1. The van der Waals surface area contributed by atoms with Crippen molar-refractivity contribution in [2.24, 2.45) is 0 Å². The monoisotopic (exact) mass is 407 g/mol. The zero-order valence-corrected chi connectivity index (χ0v) is 18.3. The second-order valence-electron chi connectivity index (χ2n) is 8.14. The van der Waals surface area contributed by atoms with E-state index in [4.69, 9.17) is 14.2 Å². The number of ether oxygens (including phenoxy) is 1. The molecule has 2 aromatic heterocycles. The highest BCUT2D eigenvalue weighted by molar-refractivity contribution is 5.61. The predicted molar refractivity (Wildman–Crippen MR) is 117 cm³/mol. The number of hydrogen-bond donors (Lipinski definition) is 0. The molecule has 7 heteroatoms. The Morgan fingerprint density at radius 2 is 2.07 bits per heavy atom. The Balaban J connectivity index is 1.73. The van der Waals surface area contributed by atoms with Gasteiger partial charge in [-0.3, -0.25) is 4.90 Å². The lowest BCUT2D eigenvalue weighted by atomic mass is 10.0. The van der Waals surface area contributed by atoms with Crippen LogP contribution >= 0.6 is 0 Å². The molecule has 0 N–H and O–H groups in total. The number of aromatic nitrogens is 3. The van der Waals surface area contributed by atoms with Crippen molar-refractivity contribution in [3.63, 3.8) is 0 Å². The highest BCUT2D eigenvalue weighted by atomic mass is 16.5. The van der Waals surface area contributed by atoms with E-state index in [2.05, 4.69) is 34.1 Å². The first-order chi connectivity index (χ1) is 14.5. The lowest BCUT2D eigenvalue weighted by molar-refractivity contribution is 0.240. The maximum Gasteiger partial charge on any atom is 0.225 e. The van der Waals surface area contributed by atoms with Gasteiger partial charge in [-0.1, -0.05) is 22.9 Å². The second-order valence-corrected chi connectivity index (χ2v) is 8.14. The molecule has 0 amide bonds. The number of aryl methyl sites for hydroxylation is 2. The van der Waals surface area contributed by atoms with Crippen LogP contribution in [-0.4, -0.2) is 47.8 Å². The van der Waals surface area contributed by atoms with Crippen molar-refractivity contribution in [3.05, 3.63) is 53.0 Å². The molecule has 0 aliphatic carbocycles. The summed E-state index contributed by atoms with van der Waals surface area (Å²) in [7, 11) is 5.65.